The second-order valence-electron chi connectivity index (χ2n) is 3.57. The molecule has 1 atom stereocenters. The fraction of sp³-hybridized carbons (Fsp3) is 0.167. The van der Waals surface area contributed by atoms with Gasteiger partial charge in [0.25, 0.3) is 0 Å². The second-order valence-corrected chi connectivity index (χ2v) is 4.01. The molecular weight excluding hydrogens is 222 g/mol. The highest BCUT2D eigenvalue weighted by Gasteiger charge is 2.08. The van der Waals surface area contributed by atoms with Crippen LogP contribution in [0.4, 0.5) is 0 Å². The van der Waals surface area contributed by atoms with Crippen molar-refractivity contribution >= 4 is 11.6 Å². The van der Waals surface area contributed by atoms with E-state index in [0.717, 1.165) is 22.7 Å². The molecule has 2 N–H and O–H groups in total. The first-order valence-corrected chi connectivity index (χ1v) is 5.39. The molecule has 0 aliphatic heterocycles. The number of rotatable bonds is 3. The van der Waals surface area contributed by atoms with Crippen LogP contribution < -0.4 is 5.73 Å². The van der Waals surface area contributed by atoms with Gasteiger partial charge in [0.2, 0.25) is 0 Å². The van der Waals surface area contributed by atoms with Crippen LogP contribution in [0.5, 0.6) is 0 Å². The smallest absolute Gasteiger partial charge is 0.115 e. The van der Waals surface area contributed by atoms with Crippen molar-refractivity contribution in [2.75, 3.05) is 0 Å². The van der Waals surface area contributed by atoms with Crippen LogP contribution in [0.15, 0.2) is 42.9 Å². The molecule has 82 valence electrons. The Morgan fingerprint density at radius 1 is 1.31 bits per heavy atom. The average Bonchev–Trinajstić information content (AvgIpc) is 2.30. The number of benzene rings is 1. The molecule has 0 saturated heterocycles. The third kappa shape index (κ3) is 2.78. The fourth-order valence-corrected chi connectivity index (χ4v) is 1.76. The zero-order valence-electron chi connectivity index (χ0n) is 8.68. The molecule has 1 heterocycles. The molecule has 0 saturated carbocycles. The first-order chi connectivity index (χ1) is 7.75. The van der Waals surface area contributed by atoms with Gasteiger partial charge in [-0.3, -0.25) is 0 Å². The van der Waals surface area contributed by atoms with Crippen LogP contribution in [0.25, 0.3) is 0 Å². The van der Waals surface area contributed by atoms with Gasteiger partial charge in [-0.15, -0.1) is 0 Å². The summed E-state index contributed by atoms with van der Waals surface area (Å²) in [7, 11) is 0. The van der Waals surface area contributed by atoms with Gasteiger partial charge in [-0.2, -0.15) is 0 Å². The largest absolute Gasteiger partial charge is 0.322 e. The van der Waals surface area contributed by atoms with E-state index in [1.54, 1.807) is 6.20 Å². The van der Waals surface area contributed by atoms with E-state index >= 15 is 0 Å². The highest BCUT2D eigenvalue weighted by Crippen LogP contribution is 2.16. The summed E-state index contributed by atoms with van der Waals surface area (Å²) >= 11 is 5.91. The number of halogens is 1. The topological polar surface area (TPSA) is 51.8 Å². The lowest BCUT2D eigenvalue weighted by atomic mass is 10.0. The van der Waals surface area contributed by atoms with Gasteiger partial charge in [-0.05, 0) is 30.2 Å². The van der Waals surface area contributed by atoms with E-state index in [4.69, 9.17) is 17.3 Å². The van der Waals surface area contributed by atoms with E-state index in [-0.39, 0.29) is 6.04 Å². The van der Waals surface area contributed by atoms with Crippen molar-refractivity contribution in [3.63, 3.8) is 0 Å². The first kappa shape index (κ1) is 11.0. The molecule has 16 heavy (non-hydrogen) atoms. The molecule has 1 unspecified atom stereocenters. The van der Waals surface area contributed by atoms with E-state index in [1.165, 1.54) is 6.33 Å². The van der Waals surface area contributed by atoms with Crippen LogP contribution in [0.1, 0.15) is 17.3 Å². The third-order valence-electron chi connectivity index (χ3n) is 2.33. The van der Waals surface area contributed by atoms with Gasteiger partial charge >= 0.3 is 0 Å². The predicted molar refractivity (Wildman–Crippen MR) is 64.1 cm³/mol. The molecule has 1 aromatic heterocycles. The number of nitrogens with two attached hydrogens (primary N) is 1. The number of hydrogen-bond acceptors (Lipinski definition) is 3. The van der Waals surface area contributed by atoms with E-state index in [0.29, 0.717) is 0 Å². The lowest BCUT2D eigenvalue weighted by molar-refractivity contribution is 0.693. The van der Waals surface area contributed by atoms with Crippen LogP contribution in [0.2, 0.25) is 5.02 Å². The van der Waals surface area contributed by atoms with E-state index in [1.807, 2.05) is 30.3 Å². The molecule has 0 aliphatic rings. The number of hydrogen-bond donors (Lipinski definition) is 1. The molecule has 0 spiro atoms. The summed E-state index contributed by atoms with van der Waals surface area (Å²) in [5.41, 5.74) is 8.00. The molecule has 2 aromatic rings. The molecule has 4 heteroatoms. The summed E-state index contributed by atoms with van der Waals surface area (Å²) in [5.74, 6) is 0. The molecule has 2 rings (SSSR count). The Morgan fingerprint density at radius 2 is 2.19 bits per heavy atom. The Bertz CT molecular complexity index is 459. The van der Waals surface area contributed by atoms with Crippen LogP contribution >= 0.6 is 11.6 Å². The second kappa shape index (κ2) is 5.05. The van der Waals surface area contributed by atoms with Crippen molar-refractivity contribution in [1.82, 2.24) is 9.97 Å². The standard InChI is InChI=1S/C12H12ClN3/c13-10-3-1-2-9(6-10)7-11(14)12-4-5-15-8-16-12/h1-6,8,11H,7,14H2. The van der Waals surface area contributed by atoms with E-state index in [9.17, 15) is 0 Å². The Labute approximate surface area is 99.3 Å². The van der Waals surface area contributed by atoms with Crippen LogP contribution in [-0.2, 0) is 6.42 Å². The van der Waals surface area contributed by atoms with Crippen molar-refractivity contribution in [2.24, 2.45) is 5.73 Å². The Morgan fingerprint density at radius 3 is 2.88 bits per heavy atom. The van der Waals surface area contributed by atoms with Gasteiger partial charge in [-0.1, -0.05) is 23.7 Å². The first-order valence-electron chi connectivity index (χ1n) is 5.01. The predicted octanol–water partition coefficient (Wildman–Crippen LogP) is 2.37. The van der Waals surface area contributed by atoms with Gasteiger partial charge < -0.3 is 5.73 Å². The van der Waals surface area contributed by atoms with Crippen molar-refractivity contribution in [3.05, 3.63) is 59.1 Å². The van der Waals surface area contributed by atoms with Crippen molar-refractivity contribution in [2.45, 2.75) is 12.5 Å². The van der Waals surface area contributed by atoms with Crippen LogP contribution in [0.3, 0.4) is 0 Å². The maximum Gasteiger partial charge on any atom is 0.115 e. The zero-order valence-corrected chi connectivity index (χ0v) is 9.43. The lowest BCUT2D eigenvalue weighted by Gasteiger charge is -2.10. The molecule has 0 bridgehead atoms. The molecule has 0 fully saturated rings. The minimum atomic E-state index is -0.124. The van der Waals surface area contributed by atoms with E-state index < -0.39 is 0 Å². The molecule has 0 amide bonds. The van der Waals surface area contributed by atoms with Crippen molar-refractivity contribution in [3.8, 4) is 0 Å². The van der Waals surface area contributed by atoms with Gasteiger partial charge in [0.1, 0.15) is 6.33 Å². The normalized spacial score (nSPS) is 12.4. The third-order valence-corrected chi connectivity index (χ3v) is 2.56. The molecule has 0 aliphatic carbocycles. The highest BCUT2D eigenvalue weighted by atomic mass is 35.5. The monoisotopic (exact) mass is 233 g/mol. The summed E-state index contributed by atoms with van der Waals surface area (Å²) in [5, 5.41) is 0.729. The average molecular weight is 234 g/mol. The van der Waals surface area contributed by atoms with Gasteiger partial charge in [-0.25, -0.2) is 9.97 Å². The molecule has 0 radical (unpaired) electrons. The van der Waals surface area contributed by atoms with Gasteiger partial charge in [0, 0.05) is 11.2 Å². The quantitative estimate of drug-likeness (QED) is 0.886. The summed E-state index contributed by atoms with van der Waals surface area (Å²) in [6.45, 7) is 0. The highest BCUT2D eigenvalue weighted by molar-refractivity contribution is 6.30. The fourth-order valence-electron chi connectivity index (χ4n) is 1.54. The minimum Gasteiger partial charge on any atom is -0.322 e. The Kier molecular flexibility index (Phi) is 3.49. The summed E-state index contributed by atoms with van der Waals surface area (Å²) < 4.78 is 0. The van der Waals surface area contributed by atoms with Crippen LogP contribution in [-0.4, -0.2) is 9.97 Å². The van der Waals surface area contributed by atoms with Crippen molar-refractivity contribution in [1.29, 1.82) is 0 Å². The Balaban J connectivity index is 2.11. The number of aromatic nitrogens is 2. The van der Waals surface area contributed by atoms with Gasteiger partial charge in [0.05, 0.1) is 11.7 Å². The summed E-state index contributed by atoms with van der Waals surface area (Å²) in [4.78, 5) is 7.99. The summed E-state index contributed by atoms with van der Waals surface area (Å²) in [6, 6.07) is 9.40. The zero-order chi connectivity index (χ0) is 11.4. The molecule has 3 nitrogen and oxygen atoms in total. The minimum absolute atomic E-state index is 0.124. The lowest BCUT2D eigenvalue weighted by Crippen LogP contribution is -2.14. The maximum absolute atomic E-state index is 6.04. The molecular formula is C12H12ClN3. The SMILES string of the molecule is NC(Cc1cccc(Cl)c1)c1ccncn1. The Hall–Kier alpha value is -1.45. The maximum atomic E-state index is 6.04. The van der Waals surface area contributed by atoms with Crippen LogP contribution in [0, 0.1) is 0 Å². The van der Waals surface area contributed by atoms with Crippen molar-refractivity contribution < 1.29 is 0 Å². The number of nitrogens with zero attached hydrogens (tertiary/aromatic N) is 2. The van der Waals surface area contributed by atoms with Gasteiger partial charge in [0.15, 0.2) is 0 Å². The summed E-state index contributed by atoms with van der Waals surface area (Å²) in [6.07, 6.45) is 3.92. The molecule has 1 aromatic carbocycles. The van der Waals surface area contributed by atoms with E-state index in [2.05, 4.69) is 9.97 Å².